The fourth-order valence-corrected chi connectivity index (χ4v) is 2.65. The summed E-state index contributed by atoms with van der Waals surface area (Å²) in [6, 6.07) is 7.50. The molecule has 0 aromatic heterocycles. The fourth-order valence-electron chi connectivity index (χ4n) is 2.65. The van der Waals surface area contributed by atoms with Crippen LogP contribution < -0.4 is 10.2 Å². The molecule has 0 bridgehead atoms. The maximum Gasteiger partial charge on any atom is 0.247 e. The molecule has 0 saturated carbocycles. The molecule has 1 aromatic carbocycles. The molecular weight excluding hydrogens is 264 g/mol. The van der Waals surface area contributed by atoms with Crippen molar-refractivity contribution in [1.29, 1.82) is 0 Å². The van der Waals surface area contributed by atoms with Crippen molar-refractivity contribution < 1.29 is 9.59 Å². The van der Waals surface area contributed by atoms with E-state index >= 15 is 0 Å². The van der Waals surface area contributed by atoms with Crippen LogP contribution in [-0.4, -0.2) is 24.4 Å². The Labute approximate surface area is 126 Å². The molecule has 1 atom stereocenters. The molecule has 1 aromatic rings. The van der Waals surface area contributed by atoms with Crippen LogP contribution in [0.1, 0.15) is 40.2 Å². The lowest BCUT2D eigenvalue weighted by Crippen LogP contribution is -2.60. The molecule has 1 saturated heterocycles. The third kappa shape index (κ3) is 3.09. The van der Waals surface area contributed by atoms with Gasteiger partial charge in [-0.1, -0.05) is 46.8 Å². The van der Waals surface area contributed by atoms with E-state index in [4.69, 9.17) is 0 Å². The van der Waals surface area contributed by atoms with Gasteiger partial charge in [0.15, 0.2) is 0 Å². The summed E-state index contributed by atoms with van der Waals surface area (Å²) in [5, 5.41) is 2.67. The van der Waals surface area contributed by atoms with Crippen LogP contribution in [-0.2, 0) is 15.0 Å². The van der Waals surface area contributed by atoms with Gasteiger partial charge in [-0.3, -0.25) is 14.5 Å². The number of carbonyl (C=O) groups excluding carboxylic acids is 2. The Balaban J connectivity index is 2.37. The third-order valence-corrected chi connectivity index (χ3v) is 3.87. The summed E-state index contributed by atoms with van der Waals surface area (Å²) in [6.45, 7) is 10.4. The summed E-state index contributed by atoms with van der Waals surface area (Å²) in [6.07, 6.45) is 0. The van der Waals surface area contributed by atoms with E-state index in [2.05, 4.69) is 26.1 Å². The Morgan fingerprint density at radius 2 is 1.71 bits per heavy atom. The first kappa shape index (κ1) is 15.5. The van der Waals surface area contributed by atoms with E-state index in [0.717, 1.165) is 5.69 Å². The third-order valence-electron chi connectivity index (χ3n) is 3.87. The van der Waals surface area contributed by atoms with Crippen molar-refractivity contribution in [2.75, 3.05) is 11.4 Å². The van der Waals surface area contributed by atoms with Gasteiger partial charge in [0, 0.05) is 5.69 Å². The zero-order valence-electron chi connectivity index (χ0n) is 13.4. The van der Waals surface area contributed by atoms with Gasteiger partial charge in [-0.15, -0.1) is 0 Å². The highest BCUT2D eigenvalue weighted by atomic mass is 16.2. The second-order valence-electron chi connectivity index (χ2n) is 6.97. The summed E-state index contributed by atoms with van der Waals surface area (Å²) < 4.78 is 0. The summed E-state index contributed by atoms with van der Waals surface area (Å²) in [5.74, 6) is -0.0714. The summed E-state index contributed by atoms with van der Waals surface area (Å²) >= 11 is 0. The van der Waals surface area contributed by atoms with Crippen molar-refractivity contribution in [2.24, 2.45) is 5.92 Å². The van der Waals surface area contributed by atoms with Gasteiger partial charge in [-0.2, -0.15) is 0 Å². The van der Waals surface area contributed by atoms with Gasteiger partial charge in [-0.25, -0.2) is 0 Å². The van der Waals surface area contributed by atoms with E-state index in [0.29, 0.717) is 0 Å². The normalized spacial score (nSPS) is 19.9. The van der Waals surface area contributed by atoms with Crippen molar-refractivity contribution in [2.45, 2.75) is 46.1 Å². The van der Waals surface area contributed by atoms with Crippen LogP contribution in [0.2, 0.25) is 0 Å². The molecule has 2 amide bonds. The van der Waals surface area contributed by atoms with Crippen LogP contribution in [0.3, 0.4) is 0 Å². The van der Waals surface area contributed by atoms with Gasteiger partial charge in [0.25, 0.3) is 0 Å². The van der Waals surface area contributed by atoms with Crippen molar-refractivity contribution in [1.82, 2.24) is 5.32 Å². The Kier molecular flexibility index (Phi) is 4.08. The summed E-state index contributed by atoms with van der Waals surface area (Å²) in [4.78, 5) is 26.0. The number of hydrogen-bond donors (Lipinski definition) is 1. The van der Waals surface area contributed by atoms with E-state index in [1.54, 1.807) is 4.90 Å². The molecule has 1 heterocycles. The molecule has 0 aliphatic carbocycles. The summed E-state index contributed by atoms with van der Waals surface area (Å²) in [5.41, 5.74) is 2.07. The SMILES string of the molecule is CC(C)C1C(=O)NCC(=O)N1c1ccc(C(C)(C)C)cc1. The lowest BCUT2D eigenvalue weighted by molar-refractivity contribution is -0.131. The van der Waals surface area contributed by atoms with Crippen molar-refractivity contribution in [3.05, 3.63) is 29.8 Å². The van der Waals surface area contributed by atoms with Gasteiger partial charge in [0.1, 0.15) is 6.04 Å². The molecule has 21 heavy (non-hydrogen) atoms. The first-order chi connectivity index (χ1) is 9.71. The van der Waals surface area contributed by atoms with E-state index in [-0.39, 0.29) is 29.7 Å². The Morgan fingerprint density at radius 1 is 1.14 bits per heavy atom. The van der Waals surface area contributed by atoms with E-state index in [9.17, 15) is 9.59 Å². The smallest absolute Gasteiger partial charge is 0.247 e. The number of nitrogens with zero attached hydrogens (tertiary/aromatic N) is 1. The van der Waals surface area contributed by atoms with Crippen LogP contribution in [0.15, 0.2) is 24.3 Å². The molecule has 4 heteroatoms. The van der Waals surface area contributed by atoms with E-state index < -0.39 is 6.04 Å². The van der Waals surface area contributed by atoms with Gasteiger partial charge < -0.3 is 5.32 Å². The van der Waals surface area contributed by atoms with Crippen LogP contribution in [0.5, 0.6) is 0 Å². The molecule has 4 nitrogen and oxygen atoms in total. The highest BCUT2D eigenvalue weighted by Gasteiger charge is 2.37. The molecule has 1 fully saturated rings. The number of amides is 2. The van der Waals surface area contributed by atoms with Crippen molar-refractivity contribution >= 4 is 17.5 Å². The number of rotatable bonds is 2. The fraction of sp³-hybridized carbons (Fsp3) is 0.529. The maximum absolute atomic E-state index is 12.2. The minimum atomic E-state index is -0.438. The van der Waals surface area contributed by atoms with E-state index in [1.807, 2.05) is 38.1 Å². The van der Waals surface area contributed by atoms with Crippen LogP contribution >= 0.6 is 0 Å². The minimum Gasteiger partial charge on any atom is -0.345 e. The highest BCUT2D eigenvalue weighted by Crippen LogP contribution is 2.28. The second kappa shape index (κ2) is 5.51. The minimum absolute atomic E-state index is 0.0585. The Bertz CT molecular complexity index is 541. The topological polar surface area (TPSA) is 49.4 Å². The summed E-state index contributed by atoms with van der Waals surface area (Å²) in [7, 11) is 0. The van der Waals surface area contributed by atoms with E-state index in [1.165, 1.54) is 5.56 Å². The standard InChI is InChI=1S/C17H24N2O2/c1-11(2)15-16(21)18-10-14(20)19(15)13-8-6-12(7-9-13)17(3,4)5/h6-9,11,15H,10H2,1-5H3,(H,18,21). The quantitative estimate of drug-likeness (QED) is 0.909. The predicted octanol–water partition coefficient (Wildman–Crippen LogP) is 2.47. The van der Waals surface area contributed by atoms with Gasteiger partial charge in [-0.05, 0) is 29.0 Å². The maximum atomic E-state index is 12.2. The number of piperazine rings is 1. The first-order valence-corrected chi connectivity index (χ1v) is 7.42. The van der Waals surface area contributed by atoms with Gasteiger partial charge in [0.2, 0.25) is 11.8 Å². The highest BCUT2D eigenvalue weighted by molar-refractivity contribution is 6.06. The average Bonchev–Trinajstić information content (AvgIpc) is 2.40. The van der Waals surface area contributed by atoms with Gasteiger partial charge in [0.05, 0.1) is 6.54 Å². The Morgan fingerprint density at radius 3 is 2.19 bits per heavy atom. The Hall–Kier alpha value is -1.84. The average molecular weight is 288 g/mol. The first-order valence-electron chi connectivity index (χ1n) is 7.42. The molecular formula is C17H24N2O2. The largest absolute Gasteiger partial charge is 0.345 e. The lowest BCUT2D eigenvalue weighted by atomic mass is 9.87. The molecule has 1 N–H and O–H groups in total. The number of nitrogens with one attached hydrogen (secondary N) is 1. The van der Waals surface area contributed by atoms with Gasteiger partial charge >= 0.3 is 0 Å². The second-order valence-corrected chi connectivity index (χ2v) is 6.97. The van der Waals surface area contributed by atoms with Crippen molar-refractivity contribution in [3.8, 4) is 0 Å². The molecule has 1 aliphatic rings. The molecule has 2 rings (SSSR count). The predicted molar refractivity (Wildman–Crippen MR) is 84.3 cm³/mol. The molecule has 114 valence electrons. The molecule has 0 radical (unpaired) electrons. The molecule has 1 aliphatic heterocycles. The number of hydrogen-bond acceptors (Lipinski definition) is 2. The van der Waals surface area contributed by atoms with Crippen LogP contribution in [0.4, 0.5) is 5.69 Å². The van der Waals surface area contributed by atoms with Crippen LogP contribution in [0, 0.1) is 5.92 Å². The van der Waals surface area contributed by atoms with Crippen LogP contribution in [0.25, 0.3) is 0 Å². The van der Waals surface area contributed by atoms with Crippen molar-refractivity contribution in [3.63, 3.8) is 0 Å². The number of anilines is 1. The zero-order valence-corrected chi connectivity index (χ0v) is 13.4. The zero-order chi connectivity index (χ0) is 15.8. The molecule has 0 spiro atoms. The monoisotopic (exact) mass is 288 g/mol. The molecule has 1 unspecified atom stereocenters. The number of benzene rings is 1. The number of carbonyl (C=O) groups is 2. The lowest BCUT2D eigenvalue weighted by Gasteiger charge is -2.37.